The van der Waals surface area contributed by atoms with E-state index < -0.39 is 0 Å². The summed E-state index contributed by atoms with van der Waals surface area (Å²) in [5, 5.41) is 0. The van der Waals surface area contributed by atoms with E-state index in [1.807, 2.05) is 26.8 Å². The Hall–Kier alpha value is -0.980. The molecule has 0 aromatic rings. The SMILES string of the molecule is CC=C(N)C(=CC)C(=CC)CC. The molecule has 0 fully saturated rings. The number of hydrogen-bond donors (Lipinski definition) is 1. The van der Waals surface area contributed by atoms with E-state index in [-0.39, 0.29) is 0 Å². The lowest BCUT2D eigenvalue weighted by atomic mass is 10.0. The zero-order valence-corrected chi connectivity index (χ0v) is 8.52. The van der Waals surface area contributed by atoms with E-state index in [4.69, 9.17) is 5.73 Å². The highest BCUT2D eigenvalue weighted by molar-refractivity contribution is 5.44. The predicted octanol–water partition coefficient (Wildman–Crippen LogP) is 3.15. The lowest BCUT2D eigenvalue weighted by Crippen LogP contribution is -2.02. The molecule has 0 aromatic carbocycles. The molecule has 0 aliphatic heterocycles. The minimum absolute atomic E-state index is 0.868. The molecular weight excluding hydrogens is 146 g/mol. The van der Waals surface area contributed by atoms with Crippen molar-refractivity contribution in [3.63, 3.8) is 0 Å². The first kappa shape index (κ1) is 11.0. The van der Waals surface area contributed by atoms with Gasteiger partial charge in [0.25, 0.3) is 0 Å². The summed E-state index contributed by atoms with van der Waals surface area (Å²) in [4.78, 5) is 0. The van der Waals surface area contributed by atoms with E-state index in [1.54, 1.807) is 0 Å². The van der Waals surface area contributed by atoms with Gasteiger partial charge in [-0.1, -0.05) is 25.2 Å². The van der Waals surface area contributed by atoms with E-state index in [0.29, 0.717) is 0 Å². The fourth-order valence-electron chi connectivity index (χ4n) is 1.24. The molecule has 0 amide bonds. The molecule has 0 radical (unpaired) electrons. The van der Waals surface area contributed by atoms with Crippen molar-refractivity contribution in [2.24, 2.45) is 5.73 Å². The minimum atomic E-state index is 0.868. The van der Waals surface area contributed by atoms with Gasteiger partial charge in [-0.15, -0.1) is 0 Å². The highest BCUT2D eigenvalue weighted by Gasteiger charge is 2.02. The lowest BCUT2D eigenvalue weighted by Gasteiger charge is -2.09. The van der Waals surface area contributed by atoms with Gasteiger partial charge >= 0.3 is 0 Å². The van der Waals surface area contributed by atoms with Crippen molar-refractivity contribution >= 4 is 0 Å². The van der Waals surface area contributed by atoms with E-state index >= 15 is 0 Å². The average Bonchev–Trinajstić information content (AvgIpc) is 2.12. The molecule has 68 valence electrons. The van der Waals surface area contributed by atoms with Gasteiger partial charge in [0.05, 0.1) is 0 Å². The first-order valence-electron chi connectivity index (χ1n) is 4.45. The van der Waals surface area contributed by atoms with Gasteiger partial charge in [0.1, 0.15) is 0 Å². The Kier molecular flexibility index (Phi) is 5.18. The molecule has 1 heteroatoms. The third-order valence-corrected chi connectivity index (χ3v) is 1.99. The molecule has 0 saturated heterocycles. The van der Waals surface area contributed by atoms with Crippen LogP contribution in [0, 0.1) is 0 Å². The molecule has 0 aromatic heterocycles. The lowest BCUT2D eigenvalue weighted by molar-refractivity contribution is 1.09. The molecule has 0 bridgehead atoms. The second-order valence-corrected chi connectivity index (χ2v) is 2.61. The minimum Gasteiger partial charge on any atom is -0.399 e. The molecule has 1 nitrogen and oxygen atoms in total. The summed E-state index contributed by atoms with van der Waals surface area (Å²) in [5.74, 6) is 0. The van der Waals surface area contributed by atoms with Crippen LogP contribution in [-0.4, -0.2) is 0 Å². The number of allylic oxidation sites excluding steroid dienone is 4. The first-order chi connectivity index (χ1) is 5.71. The van der Waals surface area contributed by atoms with E-state index in [0.717, 1.165) is 12.1 Å². The third-order valence-electron chi connectivity index (χ3n) is 1.99. The molecule has 0 saturated carbocycles. The van der Waals surface area contributed by atoms with Crippen molar-refractivity contribution in [2.45, 2.75) is 34.1 Å². The van der Waals surface area contributed by atoms with Crippen LogP contribution in [0.15, 0.2) is 35.1 Å². The summed E-state index contributed by atoms with van der Waals surface area (Å²) in [5.41, 5.74) is 9.18. The molecule has 0 aliphatic rings. The molecule has 0 aliphatic carbocycles. The Morgan fingerprint density at radius 1 is 1.08 bits per heavy atom. The van der Waals surface area contributed by atoms with Gasteiger partial charge in [0, 0.05) is 5.70 Å². The van der Waals surface area contributed by atoms with Gasteiger partial charge in [0.2, 0.25) is 0 Å². The summed E-state index contributed by atoms with van der Waals surface area (Å²) in [6.07, 6.45) is 7.15. The second kappa shape index (κ2) is 5.64. The maximum atomic E-state index is 5.83. The zero-order valence-electron chi connectivity index (χ0n) is 8.52. The molecule has 0 spiro atoms. The van der Waals surface area contributed by atoms with Crippen LogP contribution in [0.1, 0.15) is 34.1 Å². The molecule has 0 heterocycles. The number of rotatable bonds is 3. The Morgan fingerprint density at radius 3 is 1.92 bits per heavy atom. The monoisotopic (exact) mass is 165 g/mol. The highest BCUT2D eigenvalue weighted by atomic mass is 14.6. The van der Waals surface area contributed by atoms with Crippen molar-refractivity contribution in [1.29, 1.82) is 0 Å². The average molecular weight is 165 g/mol. The highest BCUT2D eigenvalue weighted by Crippen LogP contribution is 2.18. The molecule has 12 heavy (non-hydrogen) atoms. The van der Waals surface area contributed by atoms with E-state index in [1.165, 1.54) is 11.1 Å². The topological polar surface area (TPSA) is 26.0 Å². The van der Waals surface area contributed by atoms with Crippen LogP contribution in [0.2, 0.25) is 0 Å². The number of hydrogen-bond acceptors (Lipinski definition) is 1. The van der Waals surface area contributed by atoms with Gasteiger partial charge < -0.3 is 5.73 Å². The van der Waals surface area contributed by atoms with Gasteiger partial charge in [-0.2, -0.15) is 0 Å². The van der Waals surface area contributed by atoms with Crippen LogP contribution in [0.4, 0.5) is 0 Å². The van der Waals surface area contributed by atoms with Crippen LogP contribution in [0.5, 0.6) is 0 Å². The first-order valence-corrected chi connectivity index (χ1v) is 4.45. The molecule has 0 rings (SSSR count). The summed E-state index contributed by atoms with van der Waals surface area (Å²) < 4.78 is 0. The van der Waals surface area contributed by atoms with Gasteiger partial charge in [-0.3, -0.25) is 0 Å². The second-order valence-electron chi connectivity index (χ2n) is 2.61. The van der Waals surface area contributed by atoms with Crippen molar-refractivity contribution in [1.82, 2.24) is 0 Å². The third kappa shape index (κ3) is 2.57. The van der Waals surface area contributed by atoms with Crippen LogP contribution < -0.4 is 5.73 Å². The maximum Gasteiger partial charge on any atom is 0.0343 e. The Labute approximate surface area is 75.7 Å². The smallest absolute Gasteiger partial charge is 0.0343 e. The number of nitrogens with two attached hydrogens (primary N) is 1. The van der Waals surface area contributed by atoms with Gasteiger partial charge in [0.15, 0.2) is 0 Å². The largest absolute Gasteiger partial charge is 0.399 e. The predicted molar refractivity (Wildman–Crippen MR) is 55.7 cm³/mol. The summed E-state index contributed by atoms with van der Waals surface area (Å²) in [7, 11) is 0. The van der Waals surface area contributed by atoms with Crippen molar-refractivity contribution in [3.8, 4) is 0 Å². The molecule has 2 N–H and O–H groups in total. The van der Waals surface area contributed by atoms with Crippen molar-refractivity contribution < 1.29 is 0 Å². The van der Waals surface area contributed by atoms with Crippen LogP contribution >= 0.6 is 0 Å². The van der Waals surface area contributed by atoms with E-state index in [9.17, 15) is 0 Å². The van der Waals surface area contributed by atoms with E-state index in [2.05, 4.69) is 19.1 Å². The van der Waals surface area contributed by atoms with Crippen LogP contribution in [0.25, 0.3) is 0 Å². The van der Waals surface area contributed by atoms with Crippen molar-refractivity contribution in [3.05, 3.63) is 35.1 Å². The summed E-state index contributed by atoms with van der Waals surface area (Å²) >= 11 is 0. The fourth-order valence-corrected chi connectivity index (χ4v) is 1.24. The Balaban J connectivity index is 4.82. The quantitative estimate of drug-likeness (QED) is 0.639. The molecule has 0 atom stereocenters. The van der Waals surface area contributed by atoms with Crippen LogP contribution in [0.3, 0.4) is 0 Å². The molecule has 0 unspecified atom stereocenters. The normalized spacial score (nSPS) is 15.2. The van der Waals surface area contributed by atoms with Gasteiger partial charge in [-0.05, 0) is 38.3 Å². The van der Waals surface area contributed by atoms with Crippen molar-refractivity contribution in [2.75, 3.05) is 0 Å². The Morgan fingerprint density at radius 2 is 1.67 bits per heavy atom. The van der Waals surface area contributed by atoms with Crippen LogP contribution in [-0.2, 0) is 0 Å². The Bertz CT molecular complexity index is 219. The summed E-state index contributed by atoms with van der Waals surface area (Å²) in [6.45, 7) is 8.17. The standard InChI is InChI=1S/C11H19N/c1-5-9(6-2)10(7-3)11(12)8-4/h5,7-8H,6,12H2,1-4H3. The molecular formula is C11H19N. The summed E-state index contributed by atoms with van der Waals surface area (Å²) in [6, 6.07) is 0. The fraction of sp³-hybridized carbons (Fsp3) is 0.455. The zero-order chi connectivity index (χ0) is 9.56. The maximum absolute atomic E-state index is 5.83. The van der Waals surface area contributed by atoms with Gasteiger partial charge in [-0.25, -0.2) is 0 Å².